The third kappa shape index (κ3) is 3.27. The molecule has 0 aliphatic rings. The predicted molar refractivity (Wildman–Crippen MR) is 61.3 cm³/mol. The second-order valence-corrected chi connectivity index (χ2v) is 4.89. The molecule has 0 saturated carbocycles. The molecule has 2 N–H and O–H groups in total. The molecule has 0 bridgehead atoms. The lowest BCUT2D eigenvalue weighted by Gasteiger charge is -2.22. The van der Waals surface area contributed by atoms with Crippen LogP contribution in [-0.2, 0) is 0 Å². The Bertz CT molecular complexity index is 302. The normalized spacial score (nSPS) is 11.4. The third-order valence-electron chi connectivity index (χ3n) is 1.96. The molecule has 1 heterocycles. The molecule has 0 atom stereocenters. The minimum Gasteiger partial charge on any atom is -0.396 e. The van der Waals surface area contributed by atoms with Gasteiger partial charge in [-0.05, 0) is 22.0 Å². The van der Waals surface area contributed by atoms with E-state index in [1.807, 2.05) is 19.9 Å². The fraction of sp³-hybridized carbons (Fsp3) is 0.500. The number of aliphatic hydroxyl groups excluding tert-OH is 1. The van der Waals surface area contributed by atoms with Crippen molar-refractivity contribution in [2.24, 2.45) is 5.41 Å². The monoisotopic (exact) mass is 258 g/mol. The van der Waals surface area contributed by atoms with Crippen molar-refractivity contribution in [2.75, 3.05) is 18.5 Å². The molecular formula is C10H15BrN2O. The fourth-order valence-electron chi connectivity index (χ4n) is 0.909. The third-order valence-corrected chi connectivity index (χ3v) is 2.59. The van der Waals surface area contributed by atoms with E-state index in [1.54, 1.807) is 12.4 Å². The highest BCUT2D eigenvalue weighted by Gasteiger charge is 2.16. The Kier molecular flexibility index (Phi) is 3.89. The number of aromatic nitrogens is 1. The Hall–Kier alpha value is -0.610. The number of pyridine rings is 1. The molecule has 1 aromatic rings. The first-order chi connectivity index (χ1) is 6.55. The SMILES string of the molecule is CC(C)(CO)CNc1ccncc1Br. The van der Waals surface area contributed by atoms with Gasteiger partial charge in [0.1, 0.15) is 0 Å². The number of nitrogens with zero attached hydrogens (tertiary/aromatic N) is 1. The molecule has 0 aliphatic heterocycles. The van der Waals surface area contributed by atoms with Crippen LogP contribution in [0.15, 0.2) is 22.9 Å². The summed E-state index contributed by atoms with van der Waals surface area (Å²) in [5, 5.41) is 12.3. The van der Waals surface area contributed by atoms with E-state index in [4.69, 9.17) is 5.11 Å². The standard InChI is InChI=1S/C10H15BrN2O/c1-10(2,7-14)6-13-9-3-4-12-5-8(9)11/h3-5,14H,6-7H2,1-2H3,(H,12,13). The molecule has 0 unspecified atom stereocenters. The highest BCUT2D eigenvalue weighted by Crippen LogP contribution is 2.22. The first-order valence-electron chi connectivity index (χ1n) is 4.49. The number of nitrogens with one attached hydrogen (secondary N) is 1. The van der Waals surface area contributed by atoms with Crippen LogP contribution >= 0.6 is 15.9 Å². The summed E-state index contributed by atoms with van der Waals surface area (Å²) in [6.07, 6.45) is 3.48. The van der Waals surface area contributed by atoms with Crippen molar-refractivity contribution in [3.8, 4) is 0 Å². The number of anilines is 1. The lowest BCUT2D eigenvalue weighted by molar-refractivity contribution is 0.171. The van der Waals surface area contributed by atoms with Gasteiger partial charge in [-0.2, -0.15) is 0 Å². The van der Waals surface area contributed by atoms with E-state index >= 15 is 0 Å². The zero-order valence-electron chi connectivity index (χ0n) is 8.42. The summed E-state index contributed by atoms with van der Waals surface area (Å²) >= 11 is 3.40. The van der Waals surface area contributed by atoms with Crippen molar-refractivity contribution in [1.82, 2.24) is 4.98 Å². The highest BCUT2D eigenvalue weighted by molar-refractivity contribution is 9.10. The molecule has 1 rings (SSSR count). The van der Waals surface area contributed by atoms with E-state index < -0.39 is 0 Å². The van der Waals surface area contributed by atoms with E-state index in [1.165, 1.54) is 0 Å². The van der Waals surface area contributed by atoms with Crippen LogP contribution in [0, 0.1) is 5.41 Å². The number of aliphatic hydroxyl groups is 1. The quantitative estimate of drug-likeness (QED) is 0.871. The number of rotatable bonds is 4. The van der Waals surface area contributed by atoms with Gasteiger partial charge < -0.3 is 10.4 Å². The van der Waals surface area contributed by atoms with Gasteiger partial charge in [0.2, 0.25) is 0 Å². The predicted octanol–water partition coefficient (Wildman–Crippen LogP) is 2.27. The van der Waals surface area contributed by atoms with Crippen molar-refractivity contribution in [2.45, 2.75) is 13.8 Å². The summed E-state index contributed by atoms with van der Waals surface area (Å²) < 4.78 is 0.939. The van der Waals surface area contributed by atoms with Crippen molar-refractivity contribution in [1.29, 1.82) is 0 Å². The molecule has 0 radical (unpaired) electrons. The Balaban J connectivity index is 2.58. The highest BCUT2D eigenvalue weighted by atomic mass is 79.9. The van der Waals surface area contributed by atoms with Crippen LogP contribution < -0.4 is 5.32 Å². The number of hydrogen-bond acceptors (Lipinski definition) is 3. The van der Waals surface area contributed by atoms with Crippen LogP contribution in [0.2, 0.25) is 0 Å². The van der Waals surface area contributed by atoms with Gasteiger partial charge in [0, 0.05) is 31.0 Å². The Labute approximate surface area is 92.7 Å². The maximum atomic E-state index is 9.08. The van der Waals surface area contributed by atoms with Crippen LogP contribution in [0.25, 0.3) is 0 Å². The molecule has 14 heavy (non-hydrogen) atoms. The zero-order chi connectivity index (χ0) is 10.6. The van der Waals surface area contributed by atoms with Crippen molar-refractivity contribution in [3.63, 3.8) is 0 Å². The van der Waals surface area contributed by atoms with Crippen LogP contribution in [0.4, 0.5) is 5.69 Å². The van der Waals surface area contributed by atoms with Crippen molar-refractivity contribution >= 4 is 21.6 Å². The van der Waals surface area contributed by atoms with Gasteiger partial charge in [0.05, 0.1) is 10.2 Å². The van der Waals surface area contributed by atoms with Crippen molar-refractivity contribution < 1.29 is 5.11 Å². The van der Waals surface area contributed by atoms with E-state index in [-0.39, 0.29) is 12.0 Å². The molecule has 0 spiro atoms. The van der Waals surface area contributed by atoms with Gasteiger partial charge in [0.25, 0.3) is 0 Å². The molecule has 1 aromatic heterocycles. The average Bonchev–Trinajstić information content (AvgIpc) is 2.17. The first kappa shape index (κ1) is 11.5. The van der Waals surface area contributed by atoms with Gasteiger partial charge in [-0.25, -0.2) is 0 Å². The van der Waals surface area contributed by atoms with E-state index in [0.29, 0.717) is 0 Å². The van der Waals surface area contributed by atoms with E-state index in [9.17, 15) is 0 Å². The second-order valence-electron chi connectivity index (χ2n) is 4.03. The lowest BCUT2D eigenvalue weighted by atomic mass is 9.95. The van der Waals surface area contributed by atoms with Crippen LogP contribution in [0.3, 0.4) is 0 Å². The second kappa shape index (κ2) is 4.75. The van der Waals surface area contributed by atoms with Crippen LogP contribution in [0.5, 0.6) is 0 Å². The molecule has 0 amide bonds. The summed E-state index contributed by atoms with van der Waals surface area (Å²) in [6, 6.07) is 1.90. The van der Waals surface area contributed by atoms with E-state index in [2.05, 4.69) is 26.2 Å². The van der Waals surface area contributed by atoms with Gasteiger partial charge in [-0.15, -0.1) is 0 Å². The van der Waals surface area contributed by atoms with Gasteiger partial charge in [0.15, 0.2) is 0 Å². The van der Waals surface area contributed by atoms with Crippen molar-refractivity contribution in [3.05, 3.63) is 22.9 Å². The molecule has 78 valence electrons. The summed E-state index contributed by atoms with van der Waals surface area (Å²) in [5.41, 5.74) is 0.893. The summed E-state index contributed by atoms with van der Waals surface area (Å²) in [4.78, 5) is 3.97. The topological polar surface area (TPSA) is 45.1 Å². The summed E-state index contributed by atoms with van der Waals surface area (Å²) in [7, 11) is 0. The van der Waals surface area contributed by atoms with E-state index in [0.717, 1.165) is 16.7 Å². The molecule has 0 fully saturated rings. The zero-order valence-corrected chi connectivity index (χ0v) is 10.0. The largest absolute Gasteiger partial charge is 0.396 e. The lowest BCUT2D eigenvalue weighted by Crippen LogP contribution is -2.26. The molecular weight excluding hydrogens is 244 g/mol. The average molecular weight is 259 g/mol. The molecule has 4 heteroatoms. The Morgan fingerprint density at radius 2 is 2.29 bits per heavy atom. The minimum atomic E-state index is -0.108. The summed E-state index contributed by atoms with van der Waals surface area (Å²) in [6.45, 7) is 4.92. The molecule has 3 nitrogen and oxygen atoms in total. The Morgan fingerprint density at radius 3 is 2.86 bits per heavy atom. The molecule has 0 aromatic carbocycles. The number of halogens is 1. The van der Waals surface area contributed by atoms with Gasteiger partial charge in [-0.3, -0.25) is 4.98 Å². The Morgan fingerprint density at radius 1 is 1.57 bits per heavy atom. The van der Waals surface area contributed by atoms with Gasteiger partial charge >= 0.3 is 0 Å². The number of hydrogen-bond donors (Lipinski definition) is 2. The maximum absolute atomic E-state index is 9.08. The fourth-order valence-corrected chi connectivity index (χ4v) is 1.30. The maximum Gasteiger partial charge on any atom is 0.0590 e. The molecule has 0 saturated heterocycles. The smallest absolute Gasteiger partial charge is 0.0590 e. The molecule has 0 aliphatic carbocycles. The first-order valence-corrected chi connectivity index (χ1v) is 5.29. The van der Waals surface area contributed by atoms with Crippen LogP contribution in [-0.4, -0.2) is 23.2 Å². The summed E-state index contributed by atoms with van der Waals surface area (Å²) in [5.74, 6) is 0. The van der Waals surface area contributed by atoms with Gasteiger partial charge in [-0.1, -0.05) is 13.8 Å². The van der Waals surface area contributed by atoms with Crippen LogP contribution in [0.1, 0.15) is 13.8 Å². The minimum absolute atomic E-state index is 0.108.